The Hall–Kier alpha value is -0.810. The monoisotopic (exact) mass is 231 g/mol. The molecule has 2 unspecified atom stereocenters. The molecule has 94 valence electrons. The van der Waals surface area contributed by atoms with E-state index in [2.05, 4.69) is 5.32 Å². The van der Waals surface area contributed by atoms with Crippen LogP contribution in [0.1, 0.15) is 27.2 Å². The van der Waals surface area contributed by atoms with E-state index >= 15 is 0 Å². The van der Waals surface area contributed by atoms with Crippen molar-refractivity contribution in [1.82, 2.24) is 5.32 Å². The van der Waals surface area contributed by atoms with E-state index in [1.165, 1.54) is 0 Å². The van der Waals surface area contributed by atoms with Gasteiger partial charge in [0.25, 0.3) is 0 Å². The fourth-order valence-corrected chi connectivity index (χ4v) is 1.57. The molecule has 1 fully saturated rings. The largest absolute Gasteiger partial charge is 0.443 e. The second kappa shape index (κ2) is 5.50. The molecule has 0 radical (unpaired) electrons. The van der Waals surface area contributed by atoms with Crippen molar-refractivity contribution in [3.05, 3.63) is 0 Å². The number of amides is 1. The first-order valence-electron chi connectivity index (χ1n) is 5.60. The van der Waals surface area contributed by atoms with Gasteiger partial charge in [0.2, 0.25) is 0 Å². The Labute approximate surface area is 96.1 Å². The van der Waals surface area contributed by atoms with Gasteiger partial charge < -0.3 is 19.9 Å². The highest BCUT2D eigenvalue weighted by Crippen LogP contribution is 2.18. The van der Waals surface area contributed by atoms with Crippen LogP contribution in [-0.4, -0.2) is 42.7 Å². The molecule has 0 aromatic rings. The molecule has 0 aromatic carbocycles. The second-order valence-corrected chi connectivity index (χ2v) is 5.13. The van der Waals surface area contributed by atoms with Crippen molar-refractivity contribution in [1.29, 1.82) is 0 Å². The van der Waals surface area contributed by atoms with Crippen LogP contribution in [0.5, 0.6) is 0 Å². The van der Waals surface area contributed by atoms with Crippen LogP contribution in [0.2, 0.25) is 0 Å². The van der Waals surface area contributed by atoms with Crippen molar-refractivity contribution in [2.45, 2.75) is 38.8 Å². The van der Waals surface area contributed by atoms with Crippen LogP contribution >= 0.6 is 0 Å². The molecule has 2 atom stereocenters. The van der Waals surface area contributed by atoms with Crippen LogP contribution < -0.4 is 5.32 Å². The van der Waals surface area contributed by atoms with Crippen LogP contribution in [0.15, 0.2) is 0 Å². The third-order valence-corrected chi connectivity index (χ3v) is 2.41. The van der Waals surface area contributed by atoms with Gasteiger partial charge in [-0.05, 0) is 27.2 Å². The Kier molecular flexibility index (Phi) is 4.56. The van der Waals surface area contributed by atoms with Crippen LogP contribution in [-0.2, 0) is 9.47 Å². The molecular formula is C11H21NO4. The van der Waals surface area contributed by atoms with E-state index in [1.807, 2.05) is 20.8 Å². The van der Waals surface area contributed by atoms with E-state index in [9.17, 15) is 4.79 Å². The van der Waals surface area contributed by atoms with Crippen molar-refractivity contribution in [2.75, 3.05) is 19.8 Å². The molecule has 1 amide bonds. The molecule has 1 heterocycles. The number of ether oxygens (including phenoxy) is 2. The van der Waals surface area contributed by atoms with Crippen molar-refractivity contribution in [3.8, 4) is 0 Å². The first-order valence-corrected chi connectivity index (χ1v) is 5.60. The molecule has 0 saturated carbocycles. The first kappa shape index (κ1) is 13.3. The molecule has 5 heteroatoms. The topological polar surface area (TPSA) is 67.8 Å². The van der Waals surface area contributed by atoms with E-state index < -0.39 is 6.09 Å². The summed E-state index contributed by atoms with van der Waals surface area (Å²) in [5, 5.41) is 11.9. The van der Waals surface area contributed by atoms with Gasteiger partial charge in [-0.25, -0.2) is 4.79 Å². The first-order chi connectivity index (χ1) is 7.42. The third-order valence-electron chi connectivity index (χ3n) is 2.41. The van der Waals surface area contributed by atoms with E-state index in [4.69, 9.17) is 14.6 Å². The number of hydrogen-bond donors (Lipinski definition) is 2. The fourth-order valence-electron chi connectivity index (χ4n) is 1.57. The molecule has 0 aromatic heterocycles. The summed E-state index contributed by atoms with van der Waals surface area (Å²) in [6.07, 6.45) is -0.0770. The van der Waals surface area contributed by atoms with Gasteiger partial charge in [-0.3, -0.25) is 0 Å². The Bertz CT molecular complexity index is 237. The minimum absolute atomic E-state index is 0.0144. The molecule has 0 bridgehead atoms. The summed E-state index contributed by atoms with van der Waals surface area (Å²) in [5.41, 5.74) is -0.318. The Balaban J connectivity index is 2.42. The number of carbonyl (C=O) groups is 1. The molecular weight excluding hydrogens is 210 g/mol. The lowest BCUT2D eigenvalue weighted by Crippen LogP contribution is -2.46. The number of hydrogen-bond acceptors (Lipinski definition) is 4. The molecule has 1 rings (SSSR count). The van der Waals surface area contributed by atoms with E-state index in [-0.39, 0.29) is 24.2 Å². The molecule has 5 nitrogen and oxygen atoms in total. The molecule has 0 spiro atoms. The molecule has 2 N–H and O–H groups in total. The molecule has 1 aliphatic rings. The summed E-state index contributed by atoms with van der Waals surface area (Å²) in [5.74, 6) is -0.0144. The lowest BCUT2D eigenvalue weighted by Gasteiger charge is -2.31. The summed E-state index contributed by atoms with van der Waals surface area (Å²) in [6, 6.07) is 0. The minimum Gasteiger partial charge on any atom is -0.443 e. The van der Waals surface area contributed by atoms with E-state index in [1.54, 1.807) is 0 Å². The Morgan fingerprint density at radius 3 is 2.81 bits per heavy atom. The zero-order chi connectivity index (χ0) is 12.2. The summed E-state index contributed by atoms with van der Waals surface area (Å²) >= 11 is 0. The predicted octanol–water partition coefficient (Wildman–Crippen LogP) is 0.908. The standard InChI is InChI=1S/C11H21NO4/c1-11(2,3)12-10(14)16-9-7-15-5-4-8(9)6-13/h8-9,13H,4-7H2,1-3H3,(H,12,14). The molecule has 16 heavy (non-hydrogen) atoms. The van der Waals surface area contributed by atoms with Crippen LogP contribution in [0.3, 0.4) is 0 Å². The zero-order valence-electron chi connectivity index (χ0n) is 10.2. The number of alkyl carbamates (subject to hydrolysis) is 1. The Morgan fingerprint density at radius 1 is 1.56 bits per heavy atom. The summed E-state index contributed by atoms with van der Waals surface area (Å²) < 4.78 is 10.5. The maximum Gasteiger partial charge on any atom is 0.407 e. The normalized spacial score (nSPS) is 26.2. The zero-order valence-corrected chi connectivity index (χ0v) is 10.2. The number of aliphatic hydroxyl groups is 1. The van der Waals surface area contributed by atoms with Gasteiger partial charge >= 0.3 is 6.09 Å². The van der Waals surface area contributed by atoms with Crippen molar-refractivity contribution in [2.24, 2.45) is 5.92 Å². The summed E-state index contributed by atoms with van der Waals surface area (Å²) in [7, 11) is 0. The number of carbonyl (C=O) groups excluding carboxylic acids is 1. The van der Waals surface area contributed by atoms with Gasteiger partial charge in [0, 0.05) is 24.7 Å². The number of aliphatic hydroxyl groups excluding tert-OH is 1. The average Bonchev–Trinajstić information content (AvgIpc) is 2.15. The van der Waals surface area contributed by atoms with Crippen molar-refractivity contribution in [3.63, 3.8) is 0 Å². The lowest BCUT2D eigenvalue weighted by atomic mass is 9.98. The fraction of sp³-hybridized carbons (Fsp3) is 0.909. The number of nitrogens with one attached hydrogen (secondary N) is 1. The smallest absolute Gasteiger partial charge is 0.407 e. The van der Waals surface area contributed by atoms with Gasteiger partial charge in [-0.1, -0.05) is 0 Å². The summed E-state index contributed by atoms with van der Waals surface area (Å²) in [4.78, 5) is 11.5. The van der Waals surface area contributed by atoms with E-state index in [0.717, 1.165) is 6.42 Å². The van der Waals surface area contributed by atoms with Gasteiger partial charge in [0.1, 0.15) is 6.10 Å². The highest BCUT2D eigenvalue weighted by molar-refractivity contribution is 5.68. The third kappa shape index (κ3) is 4.37. The van der Waals surface area contributed by atoms with Gasteiger partial charge in [-0.15, -0.1) is 0 Å². The van der Waals surface area contributed by atoms with E-state index in [0.29, 0.717) is 13.2 Å². The second-order valence-electron chi connectivity index (χ2n) is 5.13. The van der Waals surface area contributed by atoms with Crippen molar-refractivity contribution < 1.29 is 19.4 Å². The Morgan fingerprint density at radius 2 is 2.25 bits per heavy atom. The highest BCUT2D eigenvalue weighted by atomic mass is 16.6. The number of rotatable bonds is 2. The highest BCUT2D eigenvalue weighted by Gasteiger charge is 2.29. The average molecular weight is 231 g/mol. The summed E-state index contributed by atoms with van der Waals surface area (Å²) in [6.45, 7) is 6.66. The van der Waals surface area contributed by atoms with Crippen LogP contribution in [0.25, 0.3) is 0 Å². The SMILES string of the molecule is CC(C)(C)NC(=O)OC1COCCC1CO. The van der Waals surface area contributed by atoms with Crippen LogP contribution in [0.4, 0.5) is 4.79 Å². The lowest BCUT2D eigenvalue weighted by molar-refractivity contribution is -0.0654. The van der Waals surface area contributed by atoms with Crippen molar-refractivity contribution >= 4 is 6.09 Å². The maximum atomic E-state index is 11.5. The van der Waals surface area contributed by atoms with Crippen LogP contribution in [0, 0.1) is 5.92 Å². The molecule has 0 aliphatic carbocycles. The quantitative estimate of drug-likeness (QED) is 0.741. The molecule has 1 aliphatic heterocycles. The van der Waals surface area contributed by atoms with Gasteiger partial charge in [-0.2, -0.15) is 0 Å². The molecule has 1 saturated heterocycles. The predicted molar refractivity (Wildman–Crippen MR) is 59.2 cm³/mol. The minimum atomic E-state index is -0.457. The van der Waals surface area contributed by atoms with Gasteiger partial charge in [0.15, 0.2) is 0 Å². The van der Waals surface area contributed by atoms with Gasteiger partial charge in [0.05, 0.1) is 6.61 Å². The maximum absolute atomic E-state index is 11.5.